The number of unbranched alkanes of at least 4 members (excludes halogenated alkanes) is 4. The van der Waals surface area contributed by atoms with E-state index in [0.717, 1.165) is 43.5 Å². The Morgan fingerprint density at radius 3 is 2.10 bits per heavy atom. The highest BCUT2D eigenvalue weighted by Gasteiger charge is 2.09. The number of rotatable bonds is 11. The SMILES string of the molecule is CCCCCCCC(=O)[O-].CCOCC[N+](C)(C)CC. The minimum absolute atomic E-state index is 0.226. The van der Waals surface area contributed by atoms with Gasteiger partial charge in [0.2, 0.25) is 0 Å². The van der Waals surface area contributed by atoms with Crippen molar-refractivity contribution in [2.45, 2.75) is 59.3 Å². The zero-order valence-electron chi connectivity index (χ0n) is 14.2. The number of carboxylic acid groups (broad SMARTS) is 1. The number of ether oxygens (including phenoxy) is 1. The van der Waals surface area contributed by atoms with Crippen LogP contribution in [0, 0.1) is 0 Å². The van der Waals surface area contributed by atoms with Gasteiger partial charge in [-0.1, -0.05) is 32.6 Å². The molecule has 0 fully saturated rings. The van der Waals surface area contributed by atoms with Gasteiger partial charge in [0.05, 0.1) is 27.2 Å². The number of carboxylic acids is 1. The van der Waals surface area contributed by atoms with Crippen LogP contribution in [0.15, 0.2) is 0 Å². The van der Waals surface area contributed by atoms with Crippen LogP contribution < -0.4 is 5.11 Å². The first kappa shape index (κ1) is 21.7. The van der Waals surface area contributed by atoms with Crippen molar-refractivity contribution >= 4 is 5.97 Å². The number of aliphatic carboxylic acids is 1. The van der Waals surface area contributed by atoms with Crippen LogP contribution in [0.4, 0.5) is 0 Å². The molecule has 0 aromatic carbocycles. The highest BCUT2D eigenvalue weighted by Crippen LogP contribution is 2.03. The Morgan fingerprint density at radius 2 is 1.65 bits per heavy atom. The summed E-state index contributed by atoms with van der Waals surface area (Å²) in [5.74, 6) is -0.920. The van der Waals surface area contributed by atoms with Crippen molar-refractivity contribution in [3.05, 3.63) is 0 Å². The second-order valence-electron chi connectivity index (χ2n) is 5.71. The van der Waals surface area contributed by atoms with E-state index in [9.17, 15) is 9.90 Å². The minimum Gasteiger partial charge on any atom is -0.550 e. The van der Waals surface area contributed by atoms with Crippen molar-refractivity contribution in [3.8, 4) is 0 Å². The van der Waals surface area contributed by atoms with Gasteiger partial charge in [-0.2, -0.15) is 0 Å². The van der Waals surface area contributed by atoms with E-state index in [-0.39, 0.29) is 6.42 Å². The molecule has 0 aromatic heterocycles. The zero-order chi connectivity index (χ0) is 15.9. The highest BCUT2D eigenvalue weighted by molar-refractivity contribution is 5.63. The number of nitrogens with zero attached hydrogens (tertiary/aromatic N) is 1. The molecule has 0 amide bonds. The molecule has 0 saturated carbocycles. The third kappa shape index (κ3) is 19.7. The number of hydrogen-bond acceptors (Lipinski definition) is 3. The van der Waals surface area contributed by atoms with Crippen LogP contribution in [0.25, 0.3) is 0 Å². The van der Waals surface area contributed by atoms with Crippen LogP contribution in [0.1, 0.15) is 59.3 Å². The molecule has 0 aliphatic heterocycles. The lowest BCUT2D eigenvalue weighted by molar-refractivity contribution is -0.888. The lowest BCUT2D eigenvalue weighted by Crippen LogP contribution is -2.41. The largest absolute Gasteiger partial charge is 0.550 e. The molecule has 0 unspecified atom stereocenters. The van der Waals surface area contributed by atoms with Crippen molar-refractivity contribution in [2.75, 3.05) is 40.4 Å². The highest BCUT2D eigenvalue weighted by atomic mass is 16.5. The summed E-state index contributed by atoms with van der Waals surface area (Å²) >= 11 is 0. The van der Waals surface area contributed by atoms with Crippen LogP contribution in [0.3, 0.4) is 0 Å². The molecule has 4 heteroatoms. The predicted octanol–water partition coefficient (Wildman–Crippen LogP) is 2.22. The molecule has 0 aliphatic rings. The molecule has 0 atom stereocenters. The summed E-state index contributed by atoms with van der Waals surface area (Å²) in [5.41, 5.74) is 0. The van der Waals surface area contributed by atoms with Gasteiger partial charge in [-0.25, -0.2) is 0 Å². The Bertz CT molecular complexity index is 218. The fraction of sp³-hybridized carbons (Fsp3) is 0.938. The summed E-state index contributed by atoms with van der Waals surface area (Å²) < 4.78 is 6.31. The van der Waals surface area contributed by atoms with Crippen molar-refractivity contribution in [2.24, 2.45) is 0 Å². The predicted molar refractivity (Wildman–Crippen MR) is 82.4 cm³/mol. The van der Waals surface area contributed by atoms with Gasteiger partial charge in [0.25, 0.3) is 0 Å². The molecule has 0 radical (unpaired) electrons. The van der Waals surface area contributed by atoms with Crippen molar-refractivity contribution < 1.29 is 19.1 Å². The fourth-order valence-electron chi connectivity index (χ4n) is 1.49. The summed E-state index contributed by atoms with van der Waals surface area (Å²) in [6.45, 7) is 10.4. The standard InChI is InChI=1S/C8H20NO.C8H16O2/c1-5-9(3,4)7-8-10-6-2;1-2-3-4-5-6-7-8(9)10/h5-8H2,1-4H3;2-7H2,1H3,(H,9,10)/q+1;/p-1. The Hall–Kier alpha value is -0.610. The molecule has 4 nitrogen and oxygen atoms in total. The number of likely N-dealkylation sites (N-methyl/N-ethyl adjacent to an activating group) is 1. The van der Waals surface area contributed by atoms with Crippen LogP contribution in [-0.4, -0.2) is 50.9 Å². The van der Waals surface area contributed by atoms with Gasteiger partial charge in [0.1, 0.15) is 6.54 Å². The van der Waals surface area contributed by atoms with E-state index in [1.807, 2.05) is 6.92 Å². The average Bonchev–Trinajstić information content (AvgIpc) is 2.39. The molecule has 0 bridgehead atoms. The van der Waals surface area contributed by atoms with Gasteiger partial charge in [-0.3, -0.25) is 0 Å². The maximum absolute atomic E-state index is 9.92. The van der Waals surface area contributed by atoms with E-state index in [0.29, 0.717) is 0 Å². The van der Waals surface area contributed by atoms with E-state index in [1.165, 1.54) is 19.4 Å². The average molecular weight is 289 g/mol. The molecule has 20 heavy (non-hydrogen) atoms. The lowest BCUT2D eigenvalue weighted by Gasteiger charge is -2.27. The number of carbonyl (C=O) groups excluding carboxylic acids is 1. The van der Waals surface area contributed by atoms with E-state index in [4.69, 9.17) is 4.74 Å². The first-order valence-electron chi connectivity index (χ1n) is 7.99. The maximum Gasteiger partial charge on any atom is 0.102 e. The summed E-state index contributed by atoms with van der Waals surface area (Å²) in [6, 6.07) is 0. The van der Waals surface area contributed by atoms with Gasteiger partial charge in [-0.05, 0) is 26.7 Å². The molecule has 0 saturated heterocycles. The summed E-state index contributed by atoms with van der Waals surface area (Å²) in [6.07, 6.45) is 5.61. The molecular weight excluding hydrogens is 254 g/mol. The minimum atomic E-state index is -0.920. The maximum atomic E-state index is 9.92. The topological polar surface area (TPSA) is 49.4 Å². The second-order valence-corrected chi connectivity index (χ2v) is 5.71. The third-order valence-corrected chi connectivity index (χ3v) is 3.39. The zero-order valence-corrected chi connectivity index (χ0v) is 14.2. The third-order valence-electron chi connectivity index (χ3n) is 3.39. The van der Waals surface area contributed by atoms with E-state index < -0.39 is 5.97 Å². The van der Waals surface area contributed by atoms with Gasteiger partial charge in [-0.15, -0.1) is 0 Å². The summed E-state index contributed by atoms with van der Waals surface area (Å²) in [5, 5.41) is 9.92. The normalized spacial score (nSPS) is 10.8. The van der Waals surface area contributed by atoms with Gasteiger partial charge < -0.3 is 19.1 Å². The molecule has 122 valence electrons. The smallest absolute Gasteiger partial charge is 0.102 e. The molecular formula is C16H35NO3. The molecule has 0 spiro atoms. The first-order valence-corrected chi connectivity index (χ1v) is 7.99. The Morgan fingerprint density at radius 1 is 1.05 bits per heavy atom. The van der Waals surface area contributed by atoms with E-state index >= 15 is 0 Å². The van der Waals surface area contributed by atoms with E-state index in [2.05, 4.69) is 27.9 Å². The molecule has 0 heterocycles. The fourth-order valence-corrected chi connectivity index (χ4v) is 1.49. The molecule has 0 rings (SSSR count). The van der Waals surface area contributed by atoms with Crippen LogP contribution in [0.2, 0.25) is 0 Å². The van der Waals surface area contributed by atoms with Crippen molar-refractivity contribution in [1.29, 1.82) is 0 Å². The second kappa shape index (κ2) is 14.8. The Labute approximate surface area is 125 Å². The van der Waals surface area contributed by atoms with Crippen LogP contribution in [-0.2, 0) is 9.53 Å². The van der Waals surface area contributed by atoms with Crippen LogP contribution >= 0.6 is 0 Å². The van der Waals surface area contributed by atoms with Gasteiger partial charge >= 0.3 is 0 Å². The number of hydrogen-bond donors (Lipinski definition) is 0. The quantitative estimate of drug-likeness (QED) is 0.433. The van der Waals surface area contributed by atoms with E-state index in [1.54, 1.807) is 0 Å². The molecule has 0 N–H and O–H groups in total. The van der Waals surface area contributed by atoms with Gasteiger partial charge in [0.15, 0.2) is 0 Å². The van der Waals surface area contributed by atoms with Gasteiger partial charge in [0, 0.05) is 12.6 Å². The number of quaternary nitrogens is 1. The molecule has 0 aliphatic carbocycles. The van der Waals surface area contributed by atoms with Crippen LogP contribution in [0.5, 0.6) is 0 Å². The van der Waals surface area contributed by atoms with Crippen molar-refractivity contribution in [3.63, 3.8) is 0 Å². The Balaban J connectivity index is 0. The summed E-state index contributed by atoms with van der Waals surface area (Å²) in [4.78, 5) is 9.92. The summed E-state index contributed by atoms with van der Waals surface area (Å²) in [7, 11) is 4.44. The number of carbonyl (C=O) groups is 1. The monoisotopic (exact) mass is 289 g/mol. The van der Waals surface area contributed by atoms with Crippen molar-refractivity contribution in [1.82, 2.24) is 0 Å². The lowest BCUT2D eigenvalue weighted by atomic mass is 10.1. The Kier molecular flexibility index (Phi) is 16.0. The molecule has 0 aromatic rings. The first-order chi connectivity index (χ1) is 9.39.